The number of hydrogen-bond acceptors (Lipinski definition) is 5. The predicted octanol–water partition coefficient (Wildman–Crippen LogP) is 2.74. The molecule has 2 aliphatic rings. The first kappa shape index (κ1) is 19.1. The molecular formula is C20H31N3O3. The Bertz CT molecular complexity index is 565. The third kappa shape index (κ3) is 5.42. The average Bonchev–Trinajstić information content (AvgIpc) is 2.63. The number of aliphatic hydroxyl groups is 1. The van der Waals surface area contributed by atoms with Crippen LogP contribution in [0.25, 0.3) is 0 Å². The molecule has 1 aromatic rings. The number of carbonyl (C=O) groups is 1. The van der Waals surface area contributed by atoms with Crippen LogP contribution in [0.15, 0.2) is 24.5 Å². The van der Waals surface area contributed by atoms with Crippen molar-refractivity contribution >= 4 is 11.7 Å². The summed E-state index contributed by atoms with van der Waals surface area (Å²) in [6, 6.07) is 4.51. The van der Waals surface area contributed by atoms with Gasteiger partial charge in [0, 0.05) is 30.7 Å². The summed E-state index contributed by atoms with van der Waals surface area (Å²) in [5, 5.41) is 22.8. The summed E-state index contributed by atoms with van der Waals surface area (Å²) in [6.45, 7) is 3.25. The van der Waals surface area contributed by atoms with Crippen LogP contribution in [0.2, 0.25) is 0 Å². The van der Waals surface area contributed by atoms with E-state index >= 15 is 0 Å². The van der Waals surface area contributed by atoms with E-state index in [4.69, 9.17) is 5.11 Å². The smallest absolute Gasteiger partial charge is 0.306 e. The zero-order chi connectivity index (χ0) is 18.4. The lowest BCUT2D eigenvalue weighted by Crippen LogP contribution is -2.47. The Morgan fingerprint density at radius 3 is 2.46 bits per heavy atom. The van der Waals surface area contributed by atoms with Crippen molar-refractivity contribution in [3.63, 3.8) is 0 Å². The van der Waals surface area contributed by atoms with Gasteiger partial charge in [0.1, 0.15) is 0 Å². The monoisotopic (exact) mass is 361 g/mol. The molecule has 1 saturated carbocycles. The minimum atomic E-state index is -0.987. The molecule has 1 aliphatic carbocycles. The van der Waals surface area contributed by atoms with E-state index in [-0.39, 0.29) is 6.42 Å². The van der Waals surface area contributed by atoms with Crippen molar-refractivity contribution in [2.24, 2.45) is 5.92 Å². The highest BCUT2D eigenvalue weighted by Gasteiger charge is 2.37. The minimum absolute atomic E-state index is 0.119. The SMILES string of the molecule is O=C(O)CC1(O)CCC(N2CCC(CCNc3ccncc3)CC2)CC1. The van der Waals surface area contributed by atoms with Gasteiger partial charge in [-0.2, -0.15) is 0 Å². The molecule has 6 heteroatoms. The number of hydrogen-bond donors (Lipinski definition) is 3. The molecule has 144 valence electrons. The highest BCUT2D eigenvalue weighted by molar-refractivity contribution is 5.68. The number of nitrogens with zero attached hydrogens (tertiary/aromatic N) is 2. The van der Waals surface area contributed by atoms with Gasteiger partial charge in [0.25, 0.3) is 0 Å². The van der Waals surface area contributed by atoms with Gasteiger partial charge in [-0.15, -0.1) is 0 Å². The van der Waals surface area contributed by atoms with Crippen LogP contribution in [0.3, 0.4) is 0 Å². The molecule has 1 saturated heterocycles. The van der Waals surface area contributed by atoms with Crippen molar-refractivity contribution in [1.82, 2.24) is 9.88 Å². The van der Waals surface area contributed by atoms with Crippen molar-refractivity contribution < 1.29 is 15.0 Å². The van der Waals surface area contributed by atoms with E-state index in [0.29, 0.717) is 18.9 Å². The largest absolute Gasteiger partial charge is 0.481 e. The van der Waals surface area contributed by atoms with Gasteiger partial charge in [0.2, 0.25) is 0 Å². The van der Waals surface area contributed by atoms with E-state index in [0.717, 1.165) is 44.1 Å². The van der Waals surface area contributed by atoms with Crippen LogP contribution in [0.5, 0.6) is 0 Å². The van der Waals surface area contributed by atoms with Gasteiger partial charge in [0.05, 0.1) is 12.0 Å². The van der Waals surface area contributed by atoms with Crippen LogP contribution >= 0.6 is 0 Å². The molecule has 0 radical (unpaired) electrons. The van der Waals surface area contributed by atoms with Crippen molar-refractivity contribution in [3.8, 4) is 0 Å². The molecule has 0 amide bonds. The van der Waals surface area contributed by atoms with Crippen LogP contribution in [0.4, 0.5) is 5.69 Å². The van der Waals surface area contributed by atoms with Gasteiger partial charge in [-0.05, 0) is 76.1 Å². The number of aliphatic carboxylic acids is 1. The Morgan fingerprint density at radius 2 is 1.85 bits per heavy atom. The van der Waals surface area contributed by atoms with Crippen LogP contribution in [-0.2, 0) is 4.79 Å². The quantitative estimate of drug-likeness (QED) is 0.692. The normalized spacial score (nSPS) is 28.0. The summed E-state index contributed by atoms with van der Waals surface area (Å²) in [7, 11) is 0. The van der Waals surface area contributed by atoms with Crippen LogP contribution < -0.4 is 5.32 Å². The standard InChI is InChI=1S/C20H31N3O3/c24-19(25)15-20(26)8-1-18(2-9-20)23-13-6-16(7-14-23)3-12-22-17-4-10-21-11-5-17/h4-5,10-11,16,18,26H,1-3,6-9,12-15H2,(H,21,22)(H,24,25). The average molecular weight is 361 g/mol. The van der Waals surface area contributed by atoms with Gasteiger partial charge >= 0.3 is 5.97 Å². The maximum Gasteiger partial charge on any atom is 0.306 e. The lowest BCUT2D eigenvalue weighted by atomic mass is 9.79. The van der Waals surface area contributed by atoms with Crippen molar-refractivity contribution in [2.75, 3.05) is 25.0 Å². The minimum Gasteiger partial charge on any atom is -0.481 e. The van der Waals surface area contributed by atoms with Gasteiger partial charge < -0.3 is 20.4 Å². The van der Waals surface area contributed by atoms with Crippen molar-refractivity contribution in [2.45, 2.75) is 63.0 Å². The van der Waals surface area contributed by atoms with E-state index in [2.05, 4.69) is 15.2 Å². The molecule has 0 atom stereocenters. The first-order chi connectivity index (χ1) is 12.5. The Kier molecular flexibility index (Phi) is 6.48. The van der Waals surface area contributed by atoms with Crippen molar-refractivity contribution in [1.29, 1.82) is 0 Å². The first-order valence-corrected chi connectivity index (χ1v) is 9.86. The Morgan fingerprint density at radius 1 is 1.19 bits per heavy atom. The fourth-order valence-electron chi connectivity index (χ4n) is 4.46. The molecule has 0 aromatic carbocycles. The Labute approximate surface area is 155 Å². The lowest BCUT2D eigenvalue weighted by Gasteiger charge is -2.43. The maximum atomic E-state index is 10.9. The number of aromatic nitrogens is 1. The molecule has 0 spiro atoms. The number of pyridine rings is 1. The second kappa shape index (κ2) is 8.82. The van der Waals surface area contributed by atoms with Crippen LogP contribution in [-0.4, -0.2) is 57.3 Å². The Hall–Kier alpha value is -1.66. The lowest BCUT2D eigenvalue weighted by molar-refractivity contribution is -0.144. The molecule has 3 rings (SSSR count). The van der Waals surface area contributed by atoms with Crippen LogP contribution in [0, 0.1) is 5.92 Å². The second-order valence-electron chi connectivity index (χ2n) is 7.96. The molecule has 3 N–H and O–H groups in total. The third-order valence-corrected chi connectivity index (χ3v) is 6.09. The number of piperidine rings is 1. The molecule has 2 heterocycles. The number of nitrogens with one attached hydrogen (secondary N) is 1. The van der Waals surface area contributed by atoms with E-state index in [1.807, 2.05) is 24.5 Å². The molecule has 6 nitrogen and oxygen atoms in total. The maximum absolute atomic E-state index is 10.9. The summed E-state index contributed by atoms with van der Waals surface area (Å²) >= 11 is 0. The molecule has 1 aliphatic heterocycles. The van der Waals surface area contributed by atoms with Crippen molar-refractivity contribution in [3.05, 3.63) is 24.5 Å². The topological polar surface area (TPSA) is 85.7 Å². The molecule has 0 unspecified atom stereocenters. The van der Waals surface area contributed by atoms with Gasteiger partial charge in [-0.1, -0.05) is 0 Å². The third-order valence-electron chi connectivity index (χ3n) is 6.09. The summed E-state index contributed by atoms with van der Waals surface area (Å²) < 4.78 is 0. The molecular weight excluding hydrogens is 330 g/mol. The number of anilines is 1. The summed E-state index contributed by atoms with van der Waals surface area (Å²) in [5.74, 6) is -0.125. The highest BCUT2D eigenvalue weighted by atomic mass is 16.4. The molecule has 2 fully saturated rings. The number of likely N-dealkylation sites (tertiary alicyclic amines) is 1. The van der Waals surface area contributed by atoms with Gasteiger partial charge in [0.15, 0.2) is 0 Å². The van der Waals surface area contributed by atoms with E-state index in [1.54, 1.807) is 0 Å². The van der Waals surface area contributed by atoms with Gasteiger partial charge in [-0.25, -0.2) is 0 Å². The number of carboxylic acids is 1. The predicted molar refractivity (Wildman–Crippen MR) is 101 cm³/mol. The molecule has 1 aromatic heterocycles. The fourth-order valence-corrected chi connectivity index (χ4v) is 4.46. The zero-order valence-corrected chi connectivity index (χ0v) is 15.4. The first-order valence-electron chi connectivity index (χ1n) is 9.86. The number of carboxylic acid groups (broad SMARTS) is 1. The second-order valence-corrected chi connectivity index (χ2v) is 7.96. The molecule has 0 bridgehead atoms. The molecule has 26 heavy (non-hydrogen) atoms. The van der Waals surface area contributed by atoms with Crippen LogP contribution in [0.1, 0.15) is 51.4 Å². The summed E-state index contributed by atoms with van der Waals surface area (Å²) in [4.78, 5) is 17.5. The Balaban J connectivity index is 1.34. The summed E-state index contributed by atoms with van der Waals surface area (Å²) in [6.07, 6.45) is 10.2. The number of rotatable bonds is 7. The van der Waals surface area contributed by atoms with E-state index in [1.165, 1.54) is 19.3 Å². The fraction of sp³-hybridized carbons (Fsp3) is 0.700. The summed E-state index contributed by atoms with van der Waals surface area (Å²) in [5.41, 5.74) is 0.146. The highest BCUT2D eigenvalue weighted by Crippen LogP contribution is 2.35. The van der Waals surface area contributed by atoms with Gasteiger partial charge in [-0.3, -0.25) is 9.78 Å². The van der Waals surface area contributed by atoms with E-state index < -0.39 is 11.6 Å². The zero-order valence-electron chi connectivity index (χ0n) is 15.4. The van der Waals surface area contributed by atoms with E-state index in [9.17, 15) is 9.90 Å².